The largest absolute Gasteiger partial charge is 0.465 e. The maximum absolute atomic E-state index is 11.7. The zero-order valence-corrected chi connectivity index (χ0v) is 14.3. The first-order chi connectivity index (χ1) is 9.36. The first kappa shape index (κ1) is 16.9. The first-order valence-corrected chi connectivity index (χ1v) is 7.58. The molecule has 0 aliphatic heterocycles. The molecule has 0 bridgehead atoms. The second-order valence-corrected chi connectivity index (χ2v) is 5.85. The highest BCUT2D eigenvalue weighted by atomic mass is 79.9. The number of carbonyl (C=O) groups excluding carboxylic acids is 1. The number of nitrogens with two attached hydrogens (primary N) is 1. The summed E-state index contributed by atoms with van der Waals surface area (Å²) in [7, 11) is 0. The number of anilines is 1. The number of carbonyl (C=O) groups is 1. The minimum absolute atomic E-state index is 0.169. The third-order valence-corrected chi connectivity index (χ3v) is 3.65. The summed E-state index contributed by atoms with van der Waals surface area (Å²) in [6.45, 7) is 6.44. The van der Waals surface area contributed by atoms with Crippen LogP contribution in [0.15, 0.2) is 22.7 Å². The number of rotatable bonds is 6. The molecule has 0 unspecified atom stereocenters. The summed E-state index contributed by atoms with van der Waals surface area (Å²) < 4.78 is 5.82. The fourth-order valence-corrected chi connectivity index (χ4v) is 2.69. The Morgan fingerprint density at radius 3 is 2.60 bits per heavy atom. The van der Waals surface area contributed by atoms with Gasteiger partial charge < -0.3 is 15.4 Å². The van der Waals surface area contributed by atoms with Gasteiger partial charge in [0, 0.05) is 21.8 Å². The predicted octanol–water partition coefficient (Wildman–Crippen LogP) is 2.86. The Bertz CT molecular complexity index is 506. The van der Waals surface area contributed by atoms with E-state index in [4.69, 9.17) is 22.7 Å². The standard InChI is InChI=1S/C14H19BrN2O2S/c1-4-19-13(18)8-17(9(2)3)10-5-6-11(14(16)20)12(15)7-10/h5-7,9H,4,8H2,1-3H3,(H2,16,20). The molecule has 110 valence electrons. The normalized spacial score (nSPS) is 10.4. The molecule has 0 aliphatic carbocycles. The molecule has 0 amide bonds. The lowest BCUT2D eigenvalue weighted by Gasteiger charge is -2.28. The summed E-state index contributed by atoms with van der Waals surface area (Å²) >= 11 is 8.43. The Labute approximate surface area is 133 Å². The fourth-order valence-electron chi connectivity index (χ4n) is 1.80. The van der Waals surface area contributed by atoms with E-state index in [2.05, 4.69) is 15.9 Å². The van der Waals surface area contributed by atoms with E-state index in [-0.39, 0.29) is 18.6 Å². The summed E-state index contributed by atoms with van der Waals surface area (Å²) in [4.78, 5) is 14.0. The SMILES string of the molecule is CCOC(=O)CN(c1ccc(C(N)=S)c(Br)c1)C(C)C. The van der Waals surface area contributed by atoms with Crippen molar-refractivity contribution in [3.63, 3.8) is 0 Å². The van der Waals surface area contributed by atoms with E-state index in [0.29, 0.717) is 11.6 Å². The molecule has 1 aromatic carbocycles. The summed E-state index contributed by atoms with van der Waals surface area (Å²) in [6, 6.07) is 5.83. The predicted molar refractivity (Wildman–Crippen MR) is 89.1 cm³/mol. The molecule has 1 aromatic rings. The van der Waals surface area contributed by atoms with Gasteiger partial charge in [0.25, 0.3) is 0 Å². The monoisotopic (exact) mass is 358 g/mol. The van der Waals surface area contributed by atoms with E-state index in [1.807, 2.05) is 36.9 Å². The minimum atomic E-state index is -0.240. The number of thiocarbonyl (C=S) groups is 1. The van der Waals surface area contributed by atoms with Crippen LogP contribution in [0.5, 0.6) is 0 Å². The van der Waals surface area contributed by atoms with Crippen LogP contribution in [-0.2, 0) is 9.53 Å². The average molecular weight is 359 g/mol. The molecule has 0 saturated heterocycles. The van der Waals surface area contributed by atoms with Gasteiger partial charge in [0.15, 0.2) is 0 Å². The second-order valence-electron chi connectivity index (χ2n) is 4.56. The average Bonchev–Trinajstić information content (AvgIpc) is 2.35. The molecule has 0 aromatic heterocycles. The zero-order chi connectivity index (χ0) is 15.3. The lowest BCUT2D eigenvalue weighted by Crippen LogP contribution is -2.36. The number of hydrogen-bond donors (Lipinski definition) is 1. The highest BCUT2D eigenvalue weighted by Crippen LogP contribution is 2.25. The topological polar surface area (TPSA) is 55.6 Å². The van der Waals surface area contributed by atoms with E-state index < -0.39 is 0 Å². The summed E-state index contributed by atoms with van der Waals surface area (Å²) in [5, 5.41) is 0. The second kappa shape index (κ2) is 7.59. The quantitative estimate of drug-likeness (QED) is 0.625. The van der Waals surface area contributed by atoms with Crippen LogP contribution < -0.4 is 10.6 Å². The Kier molecular flexibility index (Phi) is 6.42. The number of halogens is 1. The third kappa shape index (κ3) is 4.45. The van der Waals surface area contributed by atoms with Crippen LogP contribution in [0.25, 0.3) is 0 Å². The minimum Gasteiger partial charge on any atom is -0.465 e. The third-order valence-electron chi connectivity index (χ3n) is 2.78. The lowest BCUT2D eigenvalue weighted by molar-refractivity contribution is -0.141. The van der Waals surface area contributed by atoms with Crippen molar-refractivity contribution in [2.24, 2.45) is 5.73 Å². The highest BCUT2D eigenvalue weighted by molar-refractivity contribution is 9.10. The van der Waals surface area contributed by atoms with E-state index in [1.165, 1.54) is 0 Å². The van der Waals surface area contributed by atoms with Crippen molar-refractivity contribution in [2.75, 3.05) is 18.1 Å². The molecule has 2 N–H and O–H groups in total. The molecule has 0 aliphatic rings. The van der Waals surface area contributed by atoms with Crippen molar-refractivity contribution in [1.29, 1.82) is 0 Å². The van der Waals surface area contributed by atoms with Crippen LogP contribution >= 0.6 is 28.1 Å². The Balaban J connectivity index is 3.01. The number of hydrogen-bond acceptors (Lipinski definition) is 4. The smallest absolute Gasteiger partial charge is 0.325 e. The molecule has 0 spiro atoms. The lowest BCUT2D eigenvalue weighted by atomic mass is 10.1. The molecule has 0 fully saturated rings. The molecule has 0 radical (unpaired) electrons. The summed E-state index contributed by atoms with van der Waals surface area (Å²) in [6.07, 6.45) is 0. The maximum atomic E-state index is 11.7. The number of ether oxygens (including phenoxy) is 1. The van der Waals surface area contributed by atoms with Gasteiger partial charge in [0.1, 0.15) is 11.5 Å². The van der Waals surface area contributed by atoms with Gasteiger partial charge in [0.2, 0.25) is 0 Å². The fraction of sp³-hybridized carbons (Fsp3) is 0.429. The van der Waals surface area contributed by atoms with Crippen LogP contribution in [0.3, 0.4) is 0 Å². The summed E-state index contributed by atoms with van der Waals surface area (Å²) in [5.74, 6) is -0.240. The van der Waals surface area contributed by atoms with Crippen molar-refractivity contribution in [2.45, 2.75) is 26.8 Å². The molecule has 6 heteroatoms. The van der Waals surface area contributed by atoms with Gasteiger partial charge in [-0.25, -0.2) is 0 Å². The van der Waals surface area contributed by atoms with Crippen molar-refractivity contribution in [1.82, 2.24) is 0 Å². The zero-order valence-electron chi connectivity index (χ0n) is 11.9. The molecular weight excluding hydrogens is 340 g/mol. The number of esters is 1. The highest BCUT2D eigenvalue weighted by Gasteiger charge is 2.17. The van der Waals surface area contributed by atoms with Crippen molar-refractivity contribution >= 4 is 44.8 Å². The molecule has 1 rings (SSSR count). The Hall–Kier alpha value is -1.14. The van der Waals surface area contributed by atoms with Crippen molar-refractivity contribution in [3.8, 4) is 0 Å². The van der Waals surface area contributed by atoms with Crippen LogP contribution in [0.1, 0.15) is 26.3 Å². The van der Waals surface area contributed by atoms with Crippen molar-refractivity contribution in [3.05, 3.63) is 28.2 Å². The van der Waals surface area contributed by atoms with Gasteiger partial charge >= 0.3 is 5.97 Å². The van der Waals surface area contributed by atoms with Crippen LogP contribution in [-0.4, -0.2) is 30.2 Å². The van der Waals surface area contributed by atoms with Crippen LogP contribution in [0.4, 0.5) is 5.69 Å². The van der Waals surface area contributed by atoms with E-state index in [9.17, 15) is 4.79 Å². The number of nitrogens with zero attached hydrogens (tertiary/aromatic N) is 1. The molecule has 20 heavy (non-hydrogen) atoms. The van der Waals surface area contributed by atoms with E-state index in [0.717, 1.165) is 15.7 Å². The number of benzene rings is 1. The van der Waals surface area contributed by atoms with Gasteiger partial charge in [-0.3, -0.25) is 4.79 Å². The maximum Gasteiger partial charge on any atom is 0.325 e. The van der Waals surface area contributed by atoms with Gasteiger partial charge in [-0.05, 0) is 54.9 Å². The first-order valence-electron chi connectivity index (χ1n) is 6.38. The van der Waals surface area contributed by atoms with E-state index in [1.54, 1.807) is 6.92 Å². The molecule has 0 heterocycles. The van der Waals surface area contributed by atoms with E-state index >= 15 is 0 Å². The molecule has 0 saturated carbocycles. The summed E-state index contributed by atoms with van der Waals surface area (Å²) in [5.41, 5.74) is 7.33. The molecule has 4 nitrogen and oxygen atoms in total. The molecular formula is C14H19BrN2O2S. The van der Waals surface area contributed by atoms with Crippen LogP contribution in [0, 0.1) is 0 Å². The van der Waals surface area contributed by atoms with Gasteiger partial charge in [-0.15, -0.1) is 0 Å². The van der Waals surface area contributed by atoms with Gasteiger partial charge in [-0.2, -0.15) is 0 Å². The Morgan fingerprint density at radius 1 is 1.50 bits per heavy atom. The van der Waals surface area contributed by atoms with Crippen molar-refractivity contribution < 1.29 is 9.53 Å². The van der Waals surface area contributed by atoms with Crippen LogP contribution in [0.2, 0.25) is 0 Å². The van der Waals surface area contributed by atoms with Gasteiger partial charge in [0.05, 0.1) is 6.61 Å². The Morgan fingerprint density at radius 2 is 2.15 bits per heavy atom. The molecule has 0 atom stereocenters. The van der Waals surface area contributed by atoms with Gasteiger partial charge in [-0.1, -0.05) is 12.2 Å².